The molecule has 2 saturated carbocycles. The number of anilines is 1. The first-order valence-electron chi connectivity index (χ1n) is 6.99. The molecule has 0 radical (unpaired) electrons. The topological polar surface area (TPSA) is 69.6 Å². The molecular weight excluding hydrogens is 274 g/mol. The molecule has 2 aromatic rings. The Balaban J connectivity index is 1.67. The predicted molar refractivity (Wildman–Crippen MR) is 77.1 cm³/mol. The molecule has 2 aliphatic rings. The smallest absolute Gasteiger partial charge is 0.184 e. The third-order valence-electron chi connectivity index (χ3n) is 4.59. The van der Waals surface area contributed by atoms with E-state index in [1.165, 1.54) is 25.7 Å². The molecule has 0 spiro atoms. The number of rotatable bonds is 4. The Morgan fingerprint density at radius 2 is 2.15 bits per heavy atom. The second-order valence-electron chi connectivity index (χ2n) is 6.03. The predicted octanol–water partition coefficient (Wildman–Crippen LogP) is 2.77. The van der Waals surface area contributed by atoms with Crippen molar-refractivity contribution in [1.82, 2.24) is 20.2 Å². The number of tetrazole rings is 1. The quantitative estimate of drug-likeness (QED) is 0.879. The van der Waals surface area contributed by atoms with Crippen molar-refractivity contribution in [2.24, 2.45) is 11.3 Å². The van der Waals surface area contributed by atoms with E-state index in [9.17, 15) is 0 Å². The third-order valence-corrected chi connectivity index (χ3v) is 4.82. The van der Waals surface area contributed by atoms with Gasteiger partial charge in [0.05, 0.1) is 6.54 Å². The summed E-state index contributed by atoms with van der Waals surface area (Å²) in [5, 5.41) is 12.8. The van der Waals surface area contributed by atoms with E-state index < -0.39 is 0 Å². The Hall–Kier alpha value is -1.62. The Morgan fingerprint density at radius 3 is 2.80 bits per heavy atom. The maximum Gasteiger partial charge on any atom is 0.184 e. The van der Waals surface area contributed by atoms with Gasteiger partial charge >= 0.3 is 0 Å². The summed E-state index contributed by atoms with van der Waals surface area (Å²) >= 11 is 5.95. The fourth-order valence-corrected chi connectivity index (χ4v) is 3.27. The average molecular weight is 290 g/mol. The van der Waals surface area contributed by atoms with E-state index in [2.05, 4.69) is 15.5 Å². The standard InChI is InChI=1S/C14H16ClN5/c15-10-3-4-11(12(16)7-10)13-17-18-19-20(13)8-14(5-6-14)9-1-2-9/h3-4,7,9H,1-2,5-6,8,16H2. The number of aromatic nitrogens is 4. The van der Waals surface area contributed by atoms with Gasteiger partial charge in [-0.1, -0.05) is 11.6 Å². The van der Waals surface area contributed by atoms with E-state index in [0.29, 0.717) is 16.1 Å². The molecule has 2 N–H and O–H groups in total. The van der Waals surface area contributed by atoms with Gasteiger partial charge in [0, 0.05) is 16.3 Å². The molecule has 2 aliphatic carbocycles. The average Bonchev–Trinajstić information content (AvgIpc) is 3.29. The maximum atomic E-state index is 6.04. The largest absolute Gasteiger partial charge is 0.398 e. The lowest BCUT2D eigenvalue weighted by Crippen LogP contribution is -2.16. The van der Waals surface area contributed by atoms with Crippen LogP contribution >= 0.6 is 11.6 Å². The van der Waals surface area contributed by atoms with Crippen molar-refractivity contribution in [3.05, 3.63) is 23.2 Å². The molecule has 2 fully saturated rings. The highest BCUT2D eigenvalue weighted by atomic mass is 35.5. The van der Waals surface area contributed by atoms with Crippen molar-refractivity contribution in [3.8, 4) is 11.4 Å². The zero-order valence-corrected chi connectivity index (χ0v) is 11.8. The highest BCUT2D eigenvalue weighted by Gasteiger charge is 2.54. The van der Waals surface area contributed by atoms with Crippen molar-refractivity contribution < 1.29 is 0 Å². The summed E-state index contributed by atoms with van der Waals surface area (Å²) in [4.78, 5) is 0. The van der Waals surface area contributed by atoms with Crippen LogP contribution in [0.3, 0.4) is 0 Å². The zero-order valence-electron chi connectivity index (χ0n) is 11.1. The fourth-order valence-electron chi connectivity index (χ4n) is 3.09. The van der Waals surface area contributed by atoms with E-state index >= 15 is 0 Å². The summed E-state index contributed by atoms with van der Waals surface area (Å²) in [6.07, 6.45) is 5.32. The van der Waals surface area contributed by atoms with Crippen LogP contribution in [0.5, 0.6) is 0 Å². The van der Waals surface area contributed by atoms with Crippen LogP contribution in [0.25, 0.3) is 11.4 Å². The van der Waals surface area contributed by atoms with Crippen LogP contribution in [-0.2, 0) is 6.54 Å². The molecule has 0 aliphatic heterocycles. The van der Waals surface area contributed by atoms with Crippen LogP contribution in [0.2, 0.25) is 5.02 Å². The monoisotopic (exact) mass is 289 g/mol. The molecule has 0 atom stereocenters. The van der Waals surface area contributed by atoms with Crippen LogP contribution in [0.15, 0.2) is 18.2 Å². The number of hydrogen-bond acceptors (Lipinski definition) is 4. The highest BCUT2D eigenvalue weighted by Crippen LogP contribution is 2.62. The number of hydrogen-bond donors (Lipinski definition) is 1. The van der Waals surface area contributed by atoms with Crippen LogP contribution in [0.1, 0.15) is 25.7 Å². The van der Waals surface area contributed by atoms with Crippen molar-refractivity contribution in [2.75, 3.05) is 5.73 Å². The second-order valence-corrected chi connectivity index (χ2v) is 6.46. The van der Waals surface area contributed by atoms with E-state index in [-0.39, 0.29) is 0 Å². The van der Waals surface area contributed by atoms with Crippen LogP contribution in [0.4, 0.5) is 5.69 Å². The van der Waals surface area contributed by atoms with Crippen molar-refractivity contribution in [2.45, 2.75) is 32.2 Å². The maximum absolute atomic E-state index is 6.04. The summed E-state index contributed by atoms with van der Waals surface area (Å²) in [6.45, 7) is 0.905. The lowest BCUT2D eigenvalue weighted by Gasteiger charge is -2.15. The molecule has 6 heteroatoms. The second kappa shape index (κ2) is 4.19. The van der Waals surface area contributed by atoms with Crippen molar-refractivity contribution in [3.63, 3.8) is 0 Å². The SMILES string of the molecule is Nc1cc(Cl)ccc1-c1nnnn1CC1(C2CC2)CC1. The fraction of sp³-hybridized carbons (Fsp3) is 0.500. The van der Waals surface area contributed by atoms with Crippen molar-refractivity contribution in [1.29, 1.82) is 0 Å². The van der Waals surface area contributed by atoms with E-state index in [4.69, 9.17) is 17.3 Å². The lowest BCUT2D eigenvalue weighted by atomic mass is 10.0. The Morgan fingerprint density at radius 1 is 1.35 bits per heavy atom. The van der Waals surface area contributed by atoms with Crippen LogP contribution in [-0.4, -0.2) is 20.2 Å². The zero-order chi connectivity index (χ0) is 13.7. The minimum absolute atomic E-state index is 0.450. The normalized spacial score (nSPS) is 20.1. The summed E-state index contributed by atoms with van der Waals surface area (Å²) in [6, 6.07) is 5.44. The first kappa shape index (κ1) is 12.1. The molecule has 1 aromatic carbocycles. The Bertz CT molecular complexity index is 657. The summed E-state index contributed by atoms with van der Waals surface area (Å²) < 4.78 is 1.91. The Labute approximate surface area is 122 Å². The van der Waals surface area contributed by atoms with Crippen LogP contribution < -0.4 is 5.73 Å². The first-order chi connectivity index (χ1) is 9.68. The molecule has 0 bridgehead atoms. The minimum atomic E-state index is 0.450. The van der Waals surface area contributed by atoms with E-state index in [0.717, 1.165) is 23.9 Å². The van der Waals surface area contributed by atoms with Gasteiger partial charge in [-0.2, -0.15) is 0 Å². The van der Waals surface area contributed by atoms with Gasteiger partial charge in [-0.05, 0) is 65.6 Å². The summed E-state index contributed by atoms with van der Waals surface area (Å²) in [7, 11) is 0. The van der Waals surface area contributed by atoms with Crippen molar-refractivity contribution >= 4 is 17.3 Å². The van der Waals surface area contributed by atoms with Gasteiger partial charge in [-0.15, -0.1) is 5.10 Å². The lowest BCUT2D eigenvalue weighted by molar-refractivity contribution is 0.348. The number of halogens is 1. The molecule has 0 saturated heterocycles. The summed E-state index contributed by atoms with van der Waals surface area (Å²) in [5.74, 6) is 1.62. The number of nitrogens with two attached hydrogens (primary N) is 1. The number of nitrogen functional groups attached to an aromatic ring is 1. The molecule has 104 valence electrons. The van der Waals surface area contributed by atoms with Gasteiger partial charge in [0.15, 0.2) is 5.82 Å². The molecule has 0 amide bonds. The summed E-state index contributed by atoms with van der Waals surface area (Å²) in [5.41, 5.74) is 7.96. The van der Waals surface area contributed by atoms with Gasteiger partial charge in [-0.25, -0.2) is 4.68 Å². The molecule has 4 rings (SSSR count). The molecule has 0 unspecified atom stereocenters. The first-order valence-corrected chi connectivity index (χ1v) is 7.37. The van der Waals surface area contributed by atoms with Gasteiger partial charge in [0.25, 0.3) is 0 Å². The molecule has 20 heavy (non-hydrogen) atoms. The highest BCUT2D eigenvalue weighted by molar-refractivity contribution is 6.31. The molecule has 1 heterocycles. The molecule has 5 nitrogen and oxygen atoms in total. The minimum Gasteiger partial charge on any atom is -0.398 e. The number of benzene rings is 1. The third kappa shape index (κ3) is 1.97. The van der Waals surface area contributed by atoms with E-state index in [1.54, 1.807) is 6.07 Å². The Kier molecular flexibility index (Phi) is 2.54. The van der Waals surface area contributed by atoms with Gasteiger partial charge in [0.2, 0.25) is 0 Å². The van der Waals surface area contributed by atoms with Gasteiger partial charge in [-0.3, -0.25) is 0 Å². The van der Waals surface area contributed by atoms with Gasteiger partial charge < -0.3 is 5.73 Å². The molecule has 1 aromatic heterocycles. The van der Waals surface area contributed by atoms with Crippen LogP contribution in [0, 0.1) is 11.3 Å². The molecular formula is C14H16ClN5. The number of nitrogens with zero attached hydrogens (tertiary/aromatic N) is 4. The van der Waals surface area contributed by atoms with E-state index in [1.807, 2.05) is 16.8 Å². The van der Waals surface area contributed by atoms with Gasteiger partial charge in [0.1, 0.15) is 0 Å².